The van der Waals surface area contributed by atoms with Crippen molar-refractivity contribution in [3.8, 4) is 0 Å². The number of para-hydroxylation sites is 1. The highest BCUT2D eigenvalue weighted by atomic mass is 16.2. The Kier molecular flexibility index (Phi) is 5.93. The zero-order valence-corrected chi connectivity index (χ0v) is 15.7. The lowest BCUT2D eigenvalue weighted by Crippen LogP contribution is -2.49. The van der Waals surface area contributed by atoms with Crippen LogP contribution in [0.4, 0.5) is 11.5 Å². The molecule has 1 amide bonds. The molecular weight excluding hydrogens is 326 g/mol. The standard InChI is InChI=1S/C20H29N5O/c1-15(2)13-20(26)25-11-9-24(10-12-25)19-14-18(22-8-7-21)16-5-3-4-6-17(16)23-19/h3-6,14-15H,7-13,21H2,1-2H3,(H,22,23). The Bertz CT molecular complexity index is 753. The molecule has 1 aromatic heterocycles. The summed E-state index contributed by atoms with van der Waals surface area (Å²) in [4.78, 5) is 21.3. The van der Waals surface area contributed by atoms with Crippen LogP contribution in [0.1, 0.15) is 20.3 Å². The predicted molar refractivity (Wildman–Crippen MR) is 108 cm³/mol. The number of nitrogens with two attached hydrogens (primary N) is 1. The van der Waals surface area contributed by atoms with Crippen molar-refractivity contribution >= 4 is 28.3 Å². The average Bonchev–Trinajstić information content (AvgIpc) is 2.65. The molecular formula is C20H29N5O. The van der Waals surface area contributed by atoms with E-state index < -0.39 is 0 Å². The second-order valence-corrected chi connectivity index (χ2v) is 7.23. The molecule has 0 unspecified atom stereocenters. The summed E-state index contributed by atoms with van der Waals surface area (Å²) in [5.74, 6) is 1.62. The number of piperazine rings is 1. The number of hydrogen-bond donors (Lipinski definition) is 2. The van der Waals surface area contributed by atoms with Crippen LogP contribution in [0, 0.1) is 5.92 Å². The van der Waals surface area contributed by atoms with Crippen molar-refractivity contribution in [2.75, 3.05) is 49.5 Å². The van der Waals surface area contributed by atoms with Gasteiger partial charge in [-0.1, -0.05) is 32.0 Å². The number of benzene rings is 1. The maximum Gasteiger partial charge on any atom is 0.222 e. The first-order valence-corrected chi connectivity index (χ1v) is 9.45. The van der Waals surface area contributed by atoms with E-state index in [-0.39, 0.29) is 5.91 Å². The predicted octanol–water partition coefficient (Wildman–Crippen LogP) is 2.30. The second-order valence-electron chi connectivity index (χ2n) is 7.23. The Balaban J connectivity index is 1.75. The van der Waals surface area contributed by atoms with Crippen LogP contribution in [0.5, 0.6) is 0 Å². The molecule has 1 aliphatic rings. The van der Waals surface area contributed by atoms with Crippen LogP contribution >= 0.6 is 0 Å². The number of carbonyl (C=O) groups excluding carboxylic acids is 1. The molecule has 1 aromatic carbocycles. The molecule has 3 N–H and O–H groups in total. The lowest BCUT2D eigenvalue weighted by Gasteiger charge is -2.36. The van der Waals surface area contributed by atoms with Crippen molar-refractivity contribution in [2.45, 2.75) is 20.3 Å². The monoisotopic (exact) mass is 355 g/mol. The minimum atomic E-state index is 0.261. The van der Waals surface area contributed by atoms with Crippen molar-refractivity contribution in [3.05, 3.63) is 30.3 Å². The lowest BCUT2D eigenvalue weighted by molar-refractivity contribution is -0.132. The topological polar surface area (TPSA) is 74.5 Å². The molecule has 2 aromatic rings. The van der Waals surface area contributed by atoms with Gasteiger partial charge < -0.3 is 20.9 Å². The number of rotatable bonds is 6. The van der Waals surface area contributed by atoms with Crippen LogP contribution < -0.4 is 16.0 Å². The van der Waals surface area contributed by atoms with Gasteiger partial charge in [-0.2, -0.15) is 0 Å². The van der Waals surface area contributed by atoms with E-state index in [0.717, 1.165) is 55.1 Å². The Labute approximate surface area is 155 Å². The van der Waals surface area contributed by atoms with Crippen LogP contribution in [0.2, 0.25) is 0 Å². The molecule has 0 spiro atoms. The number of fused-ring (bicyclic) bond motifs is 1. The van der Waals surface area contributed by atoms with Crippen LogP contribution in [0.3, 0.4) is 0 Å². The van der Waals surface area contributed by atoms with Gasteiger partial charge >= 0.3 is 0 Å². The zero-order chi connectivity index (χ0) is 18.5. The SMILES string of the molecule is CC(C)CC(=O)N1CCN(c2cc(NCCN)c3ccccc3n2)CC1. The van der Waals surface area contributed by atoms with E-state index in [1.807, 2.05) is 23.1 Å². The molecule has 0 aliphatic carbocycles. The molecule has 1 saturated heterocycles. The highest BCUT2D eigenvalue weighted by Crippen LogP contribution is 2.27. The summed E-state index contributed by atoms with van der Waals surface area (Å²) >= 11 is 0. The number of anilines is 2. The smallest absolute Gasteiger partial charge is 0.222 e. The van der Waals surface area contributed by atoms with Crippen molar-refractivity contribution in [2.24, 2.45) is 11.7 Å². The van der Waals surface area contributed by atoms with Crippen LogP contribution in [-0.2, 0) is 4.79 Å². The van der Waals surface area contributed by atoms with Crippen LogP contribution in [-0.4, -0.2) is 55.1 Å². The molecule has 2 heterocycles. The van der Waals surface area contributed by atoms with Crippen molar-refractivity contribution < 1.29 is 4.79 Å². The van der Waals surface area contributed by atoms with E-state index in [1.165, 1.54) is 0 Å². The molecule has 26 heavy (non-hydrogen) atoms. The third kappa shape index (κ3) is 4.25. The summed E-state index contributed by atoms with van der Waals surface area (Å²) in [5.41, 5.74) is 7.69. The van der Waals surface area contributed by atoms with E-state index >= 15 is 0 Å². The third-order valence-electron chi connectivity index (χ3n) is 4.70. The minimum Gasteiger partial charge on any atom is -0.383 e. The first-order chi connectivity index (χ1) is 12.6. The molecule has 6 heteroatoms. The molecule has 0 saturated carbocycles. The number of pyridine rings is 1. The van der Waals surface area contributed by atoms with Crippen molar-refractivity contribution in [3.63, 3.8) is 0 Å². The number of hydrogen-bond acceptors (Lipinski definition) is 5. The van der Waals surface area contributed by atoms with E-state index in [1.54, 1.807) is 0 Å². The first kappa shape index (κ1) is 18.5. The minimum absolute atomic E-state index is 0.261. The Morgan fingerprint density at radius 2 is 1.96 bits per heavy atom. The molecule has 3 rings (SSSR count). The van der Waals surface area contributed by atoms with Gasteiger partial charge in [-0.25, -0.2) is 4.98 Å². The Morgan fingerprint density at radius 1 is 1.23 bits per heavy atom. The normalized spacial score (nSPS) is 14.9. The fraction of sp³-hybridized carbons (Fsp3) is 0.500. The van der Waals surface area contributed by atoms with Gasteiger partial charge in [0, 0.05) is 62.8 Å². The summed E-state index contributed by atoms with van der Waals surface area (Å²) in [5, 5.41) is 4.52. The summed E-state index contributed by atoms with van der Waals surface area (Å²) in [6.07, 6.45) is 0.626. The molecule has 0 radical (unpaired) electrons. The summed E-state index contributed by atoms with van der Waals surface area (Å²) in [6, 6.07) is 10.2. The fourth-order valence-corrected chi connectivity index (χ4v) is 3.34. The van der Waals surface area contributed by atoms with Crippen molar-refractivity contribution in [1.29, 1.82) is 0 Å². The Hall–Kier alpha value is -2.34. The quantitative estimate of drug-likeness (QED) is 0.832. The number of carbonyl (C=O) groups is 1. The zero-order valence-electron chi connectivity index (χ0n) is 15.7. The number of nitrogens with zero attached hydrogens (tertiary/aromatic N) is 3. The molecule has 0 atom stereocenters. The van der Waals surface area contributed by atoms with Gasteiger partial charge in [0.1, 0.15) is 5.82 Å². The molecule has 1 aliphatic heterocycles. The van der Waals surface area contributed by atoms with Gasteiger partial charge in [0.15, 0.2) is 0 Å². The highest BCUT2D eigenvalue weighted by Gasteiger charge is 2.23. The fourth-order valence-electron chi connectivity index (χ4n) is 3.34. The maximum absolute atomic E-state index is 12.3. The largest absolute Gasteiger partial charge is 0.383 e. The summed E-state index contributed by atoms with van der Waals surface area (Å²) in [7, 11) is 0. The van der Waals surface area contributed by atoms with Gasteiger partial charge in [0.25, 0.3) is 0 Å². The van der Waals surface area contributed by atoms with E-state index in [0.29, 0.717) is 18.9 Å². The van der Waals surface area contributed by atoms with Gasteiger partial charge in [-0.05, 0) is 12.0 Å². The van der Waals surface area contributed by atoms with Crippen LogP contribution in [0.15, 0.2) is 30.3 Å². The Morgan fingerprint density at radius 3 is 2.65 bits per heavy atom. The molecule has 140 valence electrons. The molecule has 1 fully saturated rings. The van der Waals surface area contributed by atoms with E-state index in [2.05, 4.69) is 36.2 Å². The van der Waals surface area contributed by atoms with Gasteiger partial charge in [0.05, 0.1) is 5.52 Å². The summed E-state index contributed by atoms with van der Waals surface area (Å²) in [6.45, 7) is 8.62. The summed E-state index contributed by atoms with van der Waals surface area (Å²) < 4.78 is 0. The molecule has 0 bridgehead atoms. The highest BCUT2D eigenvalue weighted by molar-refractivity contribution is 5.93. The number of nitrogens with one attached hydrogen (secondary N) is 1. The molecule has 6 nitrogen and oxygen atoms in total. The first-order valence-electron chi connectivity index (χ1n) is 9.45. The van der Waals surface area contributed by atoms with Crippen LogP contribution in [0.25, 0.3) is 10.9 Å². The van der Waals surface area contributed by atoms with Crippen molar-refractivity contribution in [1.82, 2.24) is 9.88 Å². The van der Waals surface area contributed by atoms with E-state index in [9.17, 15) is 4.79 Å². The average molecular weight is 355 g/mol. The maximum atomic E-state index is 12.3. The lowest BCUT2D eigenvalue weighted by atomic mass is 10.1. The van der Waals surface area contributed by atoms with E-state index in [4.69, 9.17) is 10.7 Å². The number of amides is 1. The third-order valence-corrected chi connectivity index (χ3v) is 4.70. The van der Waals surface area contributed by atoms with Gasteiger partial charge in [-0.3, -0.25) is 4.79 Å². The van der Waals surface area contributed by atoms with Gasteiger partial charge in [-0.15, -0.1) is 0 Å². The van der Waals surface area contributed by atoms with Gasteiger partial charge in [0.2, 0.25) is 5.91 Å². The second kappa shape index (κ2) is 8.36. The number of aromatic nitrogens is 1.